The van der Waals surface area contributed by atoms with Crippen molar-refractivity contribution in [1.29, 1.82) is 0 Å². The predicted octanol–water partition coefficient (Wildman–Crippen LogP) is 2.19. The van der Waals surface area contributed by atoms with Gasteiger partial charge in [-0.3, -0.25) is 4.79 Å². The van der Waals surface area contributed by atoms with E-state index in [0.29, 0.717) is 23.9 Å². The smallest absolute Gasteiger partial charge is 0.235 e. The average molecular weight is 231 g/mol. The van der Waals surface area contributed by atoms with Crippen LogP contribution in [0.25, 0.3) is 0 Å². The molecule has 1 N–H and O–H groups in total. The lowest BCUT2D eigenvalue weighted by atomic mass is 10.1. The Morgan fingerprint density at radius 3 is 2.53 bits per heavy atom. The maximum absolute atomic E-state index is 11.1. The van der Waals surface area contributed by atoms with Crippen LogP contribution in [0.2, 0.25) is 0 Å². The molecular formula is C12H13N3O2. The van der Waals surface area contributed by atoms with E-state index >= 15 is 0 Å². The molecule has 0 amide bonds. The second kappa shape index (κ2) is 4.78. The molecule has 5 nitrogen and oxygen atoms in total. The Morgan fingerprint density at radius 2 is 2.00 bits per heavy atom. The molecule has 1 aromatic carbocycles. The number of aryl methyl sites for hydroxylation is 1. The van der Waals surface area contributed by atoms with Crippen LogP contribution in [0, 0.1) is 6.92 Å². The van der Waals surface area contributed by atoms with Gasteiger partial charge in [-0.15, -0.1) is 10.2 Å². The van der Waals surface area contributed by atoms with Gasteiger partial charge in [-0.05, 0) is 31.2 Å². The third kappa shape index (κ3) is 2.90. The second-order valence-corrected chi connectivity index (χ2v) is 3.70. The van der Waals surface area contributed by atoms with Gasteiger partial charge in [-0.2, -0.15) is 0 Å². The lowest BCUT2D eigenvalue weighted by molar-refractivity contribution is 0.101. The molecular weight excluding hydrogens is 218 g/mol. The lowest BCUT2D eigenvalue weighted by Crippen LogP contribution is -2.00. The highest BCUT2D eigenvalue weighted by Gasteiger charge is 2.02. The molecule has 0 spiro atoms. The van der Waals surface area contributed by atoms with Gasteiger partial charge in [-0.25, -0.2) is 0 Å². The van der Waals surface area contributed by atoms with Crippen molar-refractivity contribution in [1.82, 2.24) is 10.2 Å². The maximum Gasteiger partial charge on any atom is 0.235 e. The molecule has 88 valence electrons. The fourth-order valence-electron chi connectivity index (χ4n) is 1.41. The molecule has 1 aromatic heterocycles. The number of hydrogen-bond acceptors (Lipinski definition) is 5. The monoisotopic (exact) mass is 231 g/mol. The van der Waals surface area contributed by atoms with Crippen molar-refractivity contribution >= 4 is 11.5 Å². The number of benzene rings is 1. The van der Waals surface area contributed by atoms with Gasteiger partial charge in [0.1, 0.15) is 0 Å². The van der Waals surface area contributed by atoms with Gasteiger partial charge in [0.15, 0.2) is 5.78 Å². The summed E-state index contributed by atoms with van der Waals surface area (Å²) in [6, 6.07) is 7.26. The molecule has 0 saturated heterocycles. The van der Waals surface area contributed by atoms with Crippen LogP contribution in [0.3, 0.4) is 0 Å². The number of aromatic nitrogens is 2. The molecule has 2 aromatic rings. The largest absolute Gasteiger partial charge is 0.424 e. The molecule has 0 saturated carbocycles. The van der Waals surface area contributed by atoms with Crippen LogP contribution >= 0.6 is 0 Å². The Bertz CT molecular complexity index is 517. The fourth-order valence-corrected chi connectivity index (χ4v) is 1.41. The Hall–Kier alpha value is -2.17. The number of nitrogens with zero attached hydrogens (tertiary/aromatic N) is 2. The predicted molar refractivity (Wildman–Crippen MR) is 62.8 cm³/mol. The molecule has 0 fully saturated rings. The summed E-state index contributed by atoms with van der Waals surface area (Å²) in [7, 11) is 0. The first-order chi connectivity index (χ1) is 8.15. The molecule has 0 aliphatic carbocycles. The molecule has 0 unspecified atom stereocenters. The van der Waals surface area contributed by atoms with Gasteiger partial charge in [0, 0.05) is 18.2 Å². The van der Waals surface area contributed by atoms with Gasteiger partial charge in [0.05, 0.1) is 6.54 Å². The molecule has 17 heavy (non-hydrogen) atoms. The Morgan fingerprint density at radius 1 is 1.29 bits per heavy atom. The Kier molecular flexibility index (Phi) is 3.18. The highest BCUT2D eigenvalue weighted by molar-refractivity contribution is 5.94. The topological polar surface area (TPSA) is 68.0 Å². The zero-order valence-electron chi connectivity index (χ0n) is 9.73. The zero-order chi connectivity index (χ0) is 12.3. The lowest BCUT2D eigenvalue weighted by Gasteiger charge is -2.03. The number of rotatable bonds is 4. The maximum atomic E-state index is 11.1. The first-order valence-electron chi connectivity index (χ1n) is 5.29. The number of carbonyl (C=O) groups is 1. The van der Waals surface area contributed by atoms with Crippen molar-refractivity contribution in [3.05, 3.63) is 41.6 Å². The van der Waals surface area contributed by atoms with E-state index in [9.17, 15) is 4.79 Å². The second-order valence-electron chi connectivity index (χ2n) is 3.70. The van der Waals surface area contributed by atoms with Crippen LogP contribution in [0.15, 0.2) is 28.7 Å². The number of nitrogens with one attached hydrogen (secondary N) is 1. The van der Waals surface area contributed by atoms with Gasteiger partial charge in [-0.1, -0.05) is 0 Å². The minimum atomic E-state index is 0.0593. The summed E-state index contributed by atoms with van der Waals surface area (Å²) in [5.41, 5.74) is 1.61. The van der Waals surface area contributed by atoms with E-state index in [-0.39, 0.29) is 5.78 Å². The Balaban J connectivity index is 1.97. The standard InChI is InChI=1S/C12H13N3O2/c1-8(16)10-3-5-11(6-4-10)13-7-12-15-14-9(2)17-12/h3-6,13H,7H2,1-2H3. The van der Waals surface area contributed by atoms with Crippen molar-refractivity contribution < 1.29 is 9.21 Å². The average Bonchev–Trinajstić information content (AvgIpc) is 2.73. The van der Waals surface area contributed by atoms with Crippen molar-refractivity contribution in [2.24, 2.45) is 0 Å². The van der Waals surface area contributed by atoms with E-state index in [1.165, 1.54) is 0 Å². The van der Waals surface area contributed by atoms with Crippen molar-refractivity contribution in [2.45, 2.75) is 20.4 Å². The molecule has 0 atom stereocenters. The summed E-state index contributed by atoms with van der Waals surface area (Å²) in [6.45, 7) is 3.77. The SMILES string of the molecule is CC(=O)c1ccc(NCc2nnc(C)o2)cc1. The first-order valence-corrected chi connectivity index (χ1v) is 5.29. The van der Waals surface area contributed by atoms with Gasteiger partial charge in [0.2, 0.25) is 11.8 Å². The van der Waals surface area contributed by atoms with E-state index in [4.69, 9.17) is 4.42 Å². The van der Waals surface area contributed by atoms with Crippen LogP contribution in [0.1, 0.15) is 29.1 Å². The third-order valence-corrected chi connectivity index (χ3v) is 2.30. The highest BCUT2D eigenvalue weighted by atomic mass is 16.4. The summed E-state index contributed by atoms with van der Waals surface area (Å²) >= 11 is 0. The minimum Gasteiger partial charge on any atom is -0.424 e. The summed E-state index contributed by atoms with van der Waals surface area (Å²) in [5, 5.41) is 10.7. The highest BCUT2D eigenvalue weighted by Crippen LogP contribution is 2.11. The van der Waals surface area contributed by atoms with Gasteiger partial charge < -0.3 is 9.73 Å². The van der Waals surface area contributed by atoms with Crippen LogP contribution < -0.4 is 5.32 Å². The van der Waals surface area contributed by atoms with E-state index in [1.807, 2.05) is 12.1 Å². The normalized spacial score (nSPS) is 10.2. The number of Topliss-reactive ketones (excluding diaryl/α,β-unsaturated/α-hetero) is 1. The molecule has 5 heteroatoms. The number of ketones is 1. The van der Waals surface area contributed by atoms with Crippen LogP contribution in [0.5, 0.6) is 0 Å². The summed E-state index contributed by atoms with van der Waals surface area (Å²) in [5.74, 6) is 1.15. The zero-order valence-corrected chi connectivity index (χ0v) is 9.73. The van der Waals surface area contributed by atoms with Crippen LogP contribution in [-0.4, -0.2) is 16.0 Å². The molecule has 0 aliphatic rings. The van der Waals surface area contributed by atoms with E-state index in [1.54, 1.807) is 26.0 Å². The van der Waals surface area contributed by atoms with Crippen molar-refractivity contribution in [2.75, 3.05) is 5.32 Å². The van der Waals surface area contributed by atoms with E-state index < -0.39 is 0 Å². The molecule has 0 radical (unpaired) electrons. The first kappa shape index (κ1) is 11.3. The molecule has 0 aliphatic heterocycles. The summed E-state index contributed by atoms with van der Waals surface area (Å²) in [6.07, 6.45) is 0. The van der Waals surface area contributed by atoms with Crippen LogP contribution in [-0.2, 0) is 6.54 Å². The van der Waals surface area contributed by atoms with Crippen molar-refractivity contribution in [3.63, 3.8) is 0 Å². The van der Waals surface area contributed by atoms with E-state index in [0.717, 1.165) is 5.69 Å². The quantitative estimate of drug-likeness (QED) is 0.817. The van der Waals surface area contributed by atoms with Gasteiger partial charge >= 0.3 is 0 Å². The summed E-state index contributed by atoms with van der Waals surface area (Å²) in [4.78, 5) is 11.1. The molecule has 2 rings (SSSR count). The van der Waals surface area contributed by atoms with Crippen molar-refractivity contribution in [3.8, 4) is 0 Å². The minimum absolute atomic E-state index is 0.0593. The fraction of sp³-hybridized carbons (Fsp3) is 0.250. The number of anilines is 1. The van der Waals surface area contributed by atoms with Crippen LogP contribution in [0.4, 0.5) is 5.69 Å². The van der Waals surface area contributed by atoms with Gasteiger partial charge in [0.25, 0.3) is 0 Å². The van der Waals surface area contributed by atoms with E-state index in [2.05, 4.69) is 15.5 Å². The third-order valence-electron chi connectivity index (χ3n) is 2.30. The Labute approximate surface area is 98.9 Å². The molecule has 0 bridgehead atoms. The number of carbonyl (C=O) groups excluding carboxylic acids is 1. The molecule has 1 heterocycles. The number of hydrogen-bond donors (Lipinski definition) is 1. The summed E-state index contributed by atoms with van der Waals surface area (Å²) < 4.78 is 5.23.